The second kappa shape index (κ2) is 7.87. The topological polar surface area (TPSA) is 87.0 Å². The van der Waals surface area contributed by atoms with Crippen LogP contribution in [0.25, 0.3) is 0 Å². The number of halogens is 2. The molecule has 6 nitrogen and oxygen atoms in total. The fourth-order valence-corrected chi connectivity index (χ4v) is 2.49. The molecule has 0 unspecified atom stereocenters. The Bertz CT molecular complexity index is 680. The van der Waals surface area contributed by atoms with E-state index in [0.717, 1.165) is 25.3 Å². The fraction of sp³-hybridized carbons (Fsp3) is 0.588. The van der Waals surface area contributed by atoms with Crippen LogP contribution in [0.5, 0.6) is 0 Å². The summed E-state index contributed by atoms with van der Waals surface area (Å²) in [5.41, 5.74) is -0.604. The first-order chi connectivity index (χ1) is 11.7. The number of aromatic nitrogens is 1. The van der Waals surface area contributed by atoms with Gasteiger partial charge in [0.2, 0.25) is 0 Å². The summed E-state index contributed by atoms with van der Waals surface area (Å²) in [6.45, 7) is 5.61. The fourth-order valence-electron chi connectivity index (χ4n) is 2.31. The molecular formula is C17H22ClFN4O2. The number of amides is 1. The zero-order chi connectivity index (χ0) is 18.6. The van der Waals surface area contributed by atoms with Crippen molar-refractivity contribution in [1.82, 2.24) is 10.3 Å². The Morgan fingerprint density at radius 1 is 1.56 bits per heavy atom. The van der Waals surface area contributed by atoms with Gasteiger partial charge in [-0.25, -0.2) is 14.2 Å². The Hall–Kier alpha value is -2.07. The zero-order valence-electron chi connectivity index (χ0n) is 14.5. The number of nitrogens with zero attached hydrogens (tertiary/aromatic N) is 2. The smallest absolute Gasteiger partial charge is 0.407 e. The first-order valence-corrected chi connectivity index (χ1v) is 8.55. The number of anilines is 1. The molecule has 1 aromatic heterocycles. The SMILES string of the molecule is CC(C)(C)OC(=O)NC[C@@H](CC1CC1)Nc1nc(Cl)c(C#N)cc1F. The molecule has 1 fully saturated rings. The molecule has 0 aliphatic heterocycles. The lowest BCUT2D eigenvalue weighted by molar-refractivity contribution is 0.0525. The molecule has 0 radical (unpaired) electrons. The van der Waals surface area contributed by atoms with Gasteiger partial charge in [-0.2, -0.15) is 5.26 Å². The van der Waals surface area contributed by atoms with Gasteiger partial charge in [-0.15, -0.1) is 0 Å². The molecule has 25 heavy (non-hydrogen) atoms. The quantitative estimate of drug-likeness (QED) is 0.744. The molecule has 1 aliphatic rings. The summed E-state index contributed by atoms with van der Waals surface area (Å²) in [5, 5.41) is 14.5. The molecule has 1 saturated carbocycles. The molecule has 0 spiro atoms. The van der Waals surface area contributed by atoms with Gasteiger partial charge in [0, 0.05) is 12.6 Å². The van der Waals surface area contributed by atoms with E-state index in [4.69, 9.17) is 21.6 Å². The maximum atomic E-state index is 14.1. The highest BCUT2D eigenvalue weighted by Gasteiger charge is 2.27. The lowest BCUT2D eigenvalue weighted by Gasteiger charge is -2.23. The molecule has 0 aromatic carbocycles. The van der Waals surface area contributed by atoms with Crippen LogP contribution < -0.4 is 10.6 Å². The summed E-state index contributed by atoms with van der Waals surface area (Å²) in [4.78, 5) is 15.7. The van der Waals surface area contributed by atoms with Crippen molar-refractivity contribution >= 4 is 23.5 Å². The average Bonchev–Trinajstić information content (AvgIpc) is 3.30. The Labute approximate surface area is 151 Å². The number of carbonyl (C=O) groups excluding carboxylic acids is 1. The van der Waals surface area contributed by atoms with E-state index in [-0.39, 0.29) is 29.1 Å². The van der Waals surface area contributed by atoms with Crippen molar-refractivity contribution < 1.29 is 13.9 Å². The van der Waals surface area contributed by atoms with Crippen LogP contribution in [0.15, 0.2) is 6.07 Å². The number of ether oxygens (including phenoxy) is 1. The number of nitriles is 1. The number of carbonyl (C=O) groups is 1. The van der Waals surface area contributed by atoms with E-state index >= 15 is 0 Å². The van der Waals surface area contributed by atoms with Crippen molar-refractivity contribution in [2.75, 3.05) is 11.9 Å². The first kappa shape index (κ1) is 19.3. The normalized spacial score (nSPS) is 15.2. The second-order valence-corrected chi connectivity index (χ2v) is 7.53. The van der Waals surface area contributed by atoms with Gasteiger partial charge in [0.15, 0.2) is 11.6 Å². The molecule has 0 saturated heterocycles. The zero-order valence-corrected chi connectivity index (χ0v) is 15.3. The summed E-state index contributed by atoms with van der Waals surface area (Å²) >= 11 is 5.87. The van der Waals surface area contributed by atoms with Gasteiger partial charge in [0.05, 0.1) is 5.56 Å². The Morgan fingerprint density at radius 2 is 2.24 bits per heavy atom. The Kier molecular flexibility index (Phi) is 6.07. The van der Waals surface area contributed by atoms with E-state index in [0.29, 0.717) is 5.92 Å². The maximum Gasteiger partial charge on any atom is 0.407 e. The van der Waals surface area contributed by atoms with Crippen molar-refractivity contribution in [2.45, 2.75) is 51.7 Å². The molecule has 2 N–H and O–H groups in total. The minimum absolute atomic E-state index is 0.0182. The maximum absolute atomic E-state index is 14.1. The molecule has 1 aliphatic carbocycles. The van der Waals surface area contributed by atoms with Gasteiger partial charge in [-0.3, -0.25) is 0 Å². The van der Waals surface area contributed by atoms with Crippen LogP contribution in [0.2, 0.25) is 5.15 Å². The van der Waals surface area contributed by atoms with E-state index in [9.17, 15) is 9.18 Å². The number of nitrogens with one attached hydrogen (secondary N) is 2. The molecule has 1 amide bonds. The van der Waals surface area contributed by atoms with Gasteiger partial charge >= 0.3 is 6.09 Å². The van der Waals surface area contributed by atoms with Gasteiger partial charge in [-0.1, -0.05) is 24.4 Å². The third kappa shape index (κ3) is 6.39. The average molecular weight is 369 g/mol. The summed E-state index contributed by atoms with van der Waals surface area (Å²) in [6.07, 6.45) is 2.49. The minimum atomic E-state index is -0.654. The van der Waals surface area contributed by atoms with Crippen molar-refractivity contribution in [3.8, 4) is 6.07 Å². The largest absolute Gasteiger partial charge is 0.444 e. The molecule has 1 atom stereocenters. The lowest BCUT2D eigenvalue weighted by atomic mass is 10.1. The van der Waals surface area contributed by atoms with Gasteiger partial charge in [-0.05, 0) is 39.2 Å². The van der Waals surface area contributed by atoms with Crippen LogP contribution in [0, 0.1) is 23.1 Å². The van der Waals surface area contributed by atoms with Crippen molar-refractivity contribution in [2.24, 2.45) is 5.92 Å². The molecule has 0 bridgehead atoms. The van der Waals surface area contributed by atoms with Gasteiger partial charge in [0.1, 0.15) is 16.8 Å². The van der Waals surface area contributed by atoms with Crippen LogP contribution in [0.1, 0.15) is 45.6 Å². The summed E-state index contributed by atoms with van der Waals surface area (Å²) in [6, 6.07) is 2.62. The number of rotatable bonds is 6. The van der Waals surface area contributed by atoms with Crippen molar-refractivity contribution in [3.05, 3.63) is 22.6 Å². The van der Waals surface area contributed by atoms with Crippen LogP contribution in [0.3, 0.4) is 0 Å². The van der Waals surface area contributed by atoms with Crippen LogP contribution in [-0.2, 0) is 4.74 Å². The lowest BCUT2D eigenvalue weighted by Crippen LogP contribution is -2.40. The summed E-state index contributed by atoms with van der Waals surface area (Å²) in [7, 11) is 0. The molecule has 2 rings (SSSR count). The highest BCUT2D eigenvalue weighted by molar-refractivity contribution is 6.30. The van der Waals surface area contributed by atoms with E-state index < -0.39 is 17.5 Å². The highest BCUT2D eigenvalue weighted by Crippen LogP contribution is 2.34. The highest BCUT2D eigenvalue weighted by atomic mass is 35.5. The van der Waals surface area contributed by atoms with Crippen LogP contribution in [0.4, 0.5) is 15.0 Å². The predicted molar refractivity (Wildman–Crippen MR) is 92.9 cm³/mol. The second-order valence-electron chi connectivity index (χ2n) is 7.17. The molecule has 8 heteroatoms. The molecule has 1 heterocycles. The van der Waals surface area contributed by atoms with Crippen molar-refractivity contribution in [1.29, 1.82) is 5.26 Å². The third-order valence-corrected chi connectivity index (χ3v) is 3.89. The van der Waals surface area contributed by atoms with Gasteiger partial charge < -0.3 is 15.4 Å². The predicted octanol–water partition coefficient (Wildman–Crippen LogP) is 3.85. The molecular weight excluding hydrogens is 347 g/mol. The van der Waals surface area contributed by atoms with E-state index in [1.54, 1.807) is 26.8 Å². The van der Waals surface area contributed by atoms with Crippen LogP contribution in [-0.4, -0.2) is 29.3 Å². The monoisotopic (exact) mass is 368 g/mol. The number of alkyl carbamates (subject to hydrolysis) is 1. The van der Waals surface area contributed by atoms with Gasteiger partial charge in [0.25, 0.3) is 0 Å². The number of hydrogen-bond donors (Lipinski definition) is 2. The summed E-state index contributed by atoms with van der Waals surface area (Å²) in [5.74, 6) is -0.130. The third-order valence-electron chi connectivity index (χ3n) is 3.60. The van der Waals surface area contributed by atoms with Crippen LogP contribution >= 0.6 is 11.6 Å². The van der Waals surface area contributed by atoms with E-state index in [1.807, 2.05) is 0 Å². The summed E-state index contributed by atoms with van der Waals surface area (Å²) < 4.78 is 19.3. The number of pyridine rings is 1. The Morgan fingerprint density at radius 3 is 2.80 bits per heavy atom. The van der Waals surface area contributed by atoms with E-state index in [2.05, 4.69) is 15.6 Å². The van der Waals surface area contributed by atoms with Crippen molar-refractivity contribution in [3.63, 3.8) is 0 Å². The molecule has 1 aromatic rings. The standard InChI is InChI=1S/C17H22ClFN4O2/c1-17(2,3)25-16(24)21-9-12(6-10-4-5-10)22-15-13(19)7-11(8-20)14(18)23-15/h7,10,12H,4-6,9H2,1-3H3,(H,21,24)(H,22,23)/t12-/m1/s1. The number of hydrogen-bond acceptors (Lipinski definition) is 5. The minimum Gasteiger partial charge on any atom is -0.444 e. The van der Waals surface area contributed by atoms with E-state index in [1.165, 1.54) is 0 Å². The molecule has 136 valence electrons. The Balaban J connectivity index is 2.02. The first-order valence-electron chi connectivity index (χ1n) is 8.17.